The van der Waals surface area contributed by atoms with Crippen LogP contribution < -0.4 is 5.73 Å². The summed E-state index contributed by atoms with van der Waals surface area (Å²) in [5.41, 5.74) is 6.67. The highest BCUT2D eigenvalue weighted by atomic mass is 14.5. The number of rotatable bonds is 2. The van der Waals surface area contributed by atoms with Crippen LogP contribution in [0.4, 0.5) is 0 Å². The van der Waals surface area contributed by atoms with Crippen LogP contribution in [-0.4, -0.2) is 6.54 Å². The van der Waals surface area contributed by atoms with Gasteiger partial charge in [0.15, 0.2) is 0 Å². The van der Waals surface area contributed by atoms with E-state index in [4.69, 9.17) is 5.73 Å². The Labute approximate surface area is 61.9 Å². The van der Waals surface area contributed by atoms with Gasteiger partial charge in [-0.3, -0.25) is 0 Å². The first-order valence-corrected chi connectivity index (χ1v) is 3.59. The van der Waals surface area contributed by atoms with Crippen molar-refractivity contribution < 1.29 is 0 Å². The van der Waals surface area contributed by atoms with Crippen molar-refractivity contribution in [1.82, 2.24) is 0 Å². The maximum absolute atomic E-state index is 5.32. The van der Waals surface area contributed by atoms with Crippen LogP contribution in [0, 0.1) is 5.92 Å². The summed E-state index contributed by atoms with van der Waals surface area (Å²) in [6, 6.07) is 0. The second-order valence-electron chi connectivity index (χ2n) is 2.48. The van der Waals surface area contributed by atoms with Gasteiger partial charge in [-0.25, -0.2) is 0 Å². The lowest BCUT2D eigenvalue weighted by Crippen LogP contribution is -1.94. The first kappa shape index (κ1) is 7.29. The average molecular weight is 135 g/mol. The summed E-state index contributed by atoms with van der Waals surface area (Å²) in [7, 11) is 0. The quantitative estimate of drug-likeness (QED) is 0.612. The van der Waals surface area contributed by atoms with E-state index in [1.54, 1.807) is 0 Å². The van der Waals surface area contributed by atoms with Gasteiger partial charge in [0.25, 0.3) is 0 Å². The Hall–Kier alpha value is -0.820. The predicted molar refractivity (Wildman–Crippen MR) is 44.6 cm³/mol. The number of allylic oxidation sites excluding steroid dienone is 5. The number of hydrogen-bond acceptors (Lipinski definition) is 1. The van der Waals surface area contributed by atoms with Gasteiger partial charge < -0.3 is 5.73 Å². The molecular formula is C9H13N. The van der Waals surface area contributed by atoms with Gasteiger partial charge in [0.05, 0.1) is 0 Å². The third-order valence-electron chi connectivity index (χ3n) is 1.66. The van der Waals surface area contributed by atoms with Crippen molar-refractivity contribution in [1.29, 1.82) is 0 Å². The molecule has 1 aliphatic rings. The molecule has 0 aromatic rings. The summed E-state index contributed by atoms with van der Waals surface area (Å²) in [6.45, 7) is 2.81. The highest BCUT2D eigenvalue weighted by molar-refractivity contribution is 5.34. The third kappa shape index (κ3) is 1.58. The van der Waals surface area contributed by atoms with Crippen LogP contribution >= 0.6 is 0 Å². The third-order valence-corrected chi connectivity index (χ3v) is 1.66. The Morgan fingerprint density at radius 3 is 3.00 bits per heavy atom. The number of nitrogens with two attached hydrogens (primary N) is 1. The lowest BCUT2D eigenvalue weighted by Gasteiger charge is -2.00. The van der Waals surface area contributed by atoms with Gasteiger partial charge >= 0.3 is 0 Å². The molecular weight excluding hydrogens is 122 g/mol. The van der Waals surface area contributed by atoms with E-state index in [0.717, 1.165) is 0 Å². The fourth-order valence-corrected chi connectivity index (χ4v) is 1.01. The minimum atomic E-state index is 0.572. The van der Waals surface area contributed by atoms with Crippen molar-refractivity contribution in [3.8, 4) is 0 Å². The van der Waals surface area contributed by atoms with Gasteiger partial charge in [0, 0.05) is 6.54 Å². The molecule has 0 aromatic heterocycles. The van der Waals surface area contributed by atoms with Crippen molar-refractivity contribution in [2.24, 2.45) is 11.7 Å². The smallest absolute Gasteiger partial charge is 0.0110 e. The molecule has 0 saturated heterocycles. The predicted octanol–water partition coefficient (Wildman–Crippen LogP) is 1.63. The van der Waals surface area contributed by atoms with Crippen LogP contribution in [0.15, 0.2) is 36.0 Å². The second-order valence-corrected chi connectivity index (χ2v) is 2.48. The summed E-state index contributed by atoms with van der Waals surface area (Å²) < 4.78 is 0. The van der Waals surface area contributed by atoms with E-state index in [2.05, 4.69) is 31.2 Å². The average Bonchev–Trinajstić information content (AvgIpc) is 2.31. The SMILES string of the molecule is CC1C=CC=C1/C=C/CN. The lowest BCUT2D eigenvalue weighted by molar-refractivity contribution is 0.909. The largest absolute Gasteiger partial charge is 0.327 e. The maximum Gasteiger partial charge on any atom is 0.0110 e. The molecule has 2 N–H and O–H groups in total. The molecule has 1 rings (SSSR count). The molecule has 1 unspecified atom stereocenters. The molecule has 54 valence electrons. The molecule has 1 nitrogen and oxygen atoms in total. The van der Waals surface area contributed by atoms with Gasteiger partial charge in [0.1, 0.15) is 0 Å². The molecule has 0 heterocycles. The van der Waals surface area contributed by atoms with Crippen molar-refractivity contribution in [3.05, 3.63) is 36.0 Å². The molecule has 1 atom stereocenters. The molecule has 0 spiro atoms. The molecule has 0 radical (unpaired) electrons. The fraction of sp³-hybridized carbons (Fsp3) is 0.333. The van der Waals surface area contributed by atoms with Crippen molar-refractivity contribution in [2.75, 3.05) is 6.54 Å². The van der Waals surface area contributed by atoms with E-state index in [-0.39, 0.29) is 0 Å². The first-order valence-electron chi connectivity index (χ1n) is 3.59. The molecule has 0 saturated carbocycles. The molecule has 10 heavy (non-hydrogen) atoms. The standard InChI is InChI=1S/C9H13N/c1-8-4-2-5-9(8)6-3-7-10/h2-6,8H,7,10H2,1H3/b6-3+. The highest BCUT2D eigenvalue weighted by Crippen LogP contribution is 2.18. The van der Waals surface area contributed by atoms with Crippen LogP contribution in [0.1, 0.15) is 6.92 Å². The van der Waals surface area contributed by atoms with Gasteiger partial charge in [-0.1, -0.05) is 37.3 Å². The van der Waals surface area contributed by atoms with E-state index >= 15 is 0 Å². The maximum atomic E-state index is 5.32. The minimum absolute atomic E-state index is 0.572. The number of hydrogen-bond donors (Lipinski definition) is 1. The summed E-state index contributed by atoms with van der Waals surface area (Å²) in [5, 5.41) is 0. The first-order chi connectivity index (χ1) is 4.84. The van der Waals surface area contributed by atoms with Gasteiger partial charge in [-0.05, 0) is 11.5 Å². The zero-order valence-electron chi connectivity index (χ0n) is 6.25. The summed E-state index contributed by atoms with van der Waals surface area (Å²) >= 11 is 0. The van der Waals surface area contributed by atoms with E-state index in [1.807, 2.05) is 6.08 Å². The van der Waals surface area contributed by atoms with Crippen LogP contribution in [-0.2, 0) is 0 Å². The van der Waals surface area contributed by atoms with E-state index < -0.39 is 0 Å². The topological polar surface area (TPSA) is 26.0 Å². The van der Waals surface area contributed by atoms with Gasteiger partial charge in [0.2, 0.25) is 0 Å². The normalized spacial score (nSPS) is 24.2. The molecule has 0 bridgehead atoms. The lowest BCUT2D eigenvalue weighted by atomic mass is 10.1. The van der Waals surface area contributed by atoms with Gasteiger partial charge in [-0.2, -0.15) is 0 Å². The van der Waals surface area contributed by atoms with Crippen LogP contribution in [0.2, 0.25) is 0 Å². The molecule has 0 amide bonds. The molecule has 0 fully saturated rings. The Bertz CT molecular complexity index is 187. The molecule has 0 aromatic carbocycles. The molecule has 1 heteroatoms. The summed E-state index contributed by atoms with van der Waals surface area (Å²) in [6.07, 6.45) is 10.5. The zero-order chi connectivity index (χ0) is 7.40. The van der Waals surface area contributed by atoms with E-state index in [0.29, 0.717) is 12.5 Å². The minimum Gasteiger partial charge on any atom is -0.327 e. The van der Waals surface area contributed by atoms with Crippen LogP contribution in [0.3, 0.4) is 0 Å². The molecule has 1 aliphatic carbocycles. The molecule has 0 aliphatic heterocycles. The fourth-order valence-electron chi connectivity index (χ4n) is 1.01. The van der Waals surface area contributed by atoms with Crippen molar-refractivity contribution >= 4 is 0 Å². The second kappa shape index (κ2) is 3.37. The monoisotopic (exact) mass is 135 g/mol. The van der Waals surface area contributed by atoms with Gasteiger partial charge in [-0.15, -0.1) is 0 Å². The van der Waals surface area contributed by atoms with E-state index in [9.17, 15) is 0 Å². The Balaban J connectivity index is 2.51. The zero-order valence-corrected chi connectivity index (χ0v) is 6.25. The Kier molecular flexibility index (Phi) is 2.46. The van der Waals surface area contributed by atoms with Crippen molar-refractivity contribution in [2.45, 2.75) is 6.92 Å². The van der Waals surface area contributed by atoms with Crippen LogP contribution in [0.25, 0.3) is 0 Å². The Morgan fingerprint density at radius 1 is 1.70 bits per heavy atom. The van der Waals surface area contributed by atoms with E-state index in [1.165, 1.54) is 5.57 Å². The van der Waals surface area contributed by atoms with Crippen LogP contribution in [0.5, 0.6) is 0 Å². The van der Waals surface area contributed by atoms with Crippen molar-refractivity contribution in [3.63, 3.8) is 0 Å². The Morgan fingerprint density at radius 2 is 2.50 bits per heavy atom. The summed E-state index contributed by atoms with van der Waals surface area (Å²) in [4.78, 5) is 0. The highest BCUT2D eigenvalue weighted by Gasteiger charge is 2.03. The summed E-state index contributed by atoms with van der Waals surface area (Å²) in [5.74, 6) is 0.572.